The number of nitrogens with zero attached hydrogens (tertiary/aromatic N) is 5. The Bertz CT molecular complexity index is 840. The summed E-state index contributed by atoms with van der Waals surface area (Å²) in [5, 5.41) is 17.3. The van der Waals surface area contributed by atoms with Crippen molar-refractivity contribution < 1.29 is 4.39 Å². The van der Waals surface area contributed by atoms with Gasteiger partial charge in [0, 0.05) is 27.2 Å². The molecule has 29 heavy (non-hydrogen) atoms. The summed E-state index contributed by atoms with van der Waals surface area (Å²) in [5.41, 5.74) is 7.72. The Hall–Kier alpha value is -2.35. The number of nitrogens with one attached hydrogen (secondary N) is 1. The zero-order chi connectivity index (χ0) is 20.5. The summed E-state index contributed by atoms with van der Waals surface area (Å²) in [6.45, 7) is 3.82. The van der Waals surface area contributed by atoms with Gasteiger partial charge in [0.2, 0.25) is 0 Å². The molecule has 0 aliphatic carbocycles. The van der Waals surface area contributed by atoms with E-state index in [2.05, 4.69) is 33.3 Å². The summed E-state index contributed by atoms with van der Waals surface area (Å²) in [5.74, 6) is 0.788. The summed E-state index contributed by atoms with van der Waals surface area (Å²) < 4.78 is 14.6. The van der Waals surface area contributed by atoms with Crippen molar-refractivity contribution in [3.05, 3.63) is 41.3 Å². The monoisotopic (exact) mass is 513 g/mol. The number of aliphatic imine (C=N–C) groups is 1. The lowest BCUT2D eigenvalue weighted by Crippen LogP contribution is -2.39. The van der Waals surface area contributed by atoms with Gasteiger partial charge in [0.15, 0.2) is 5.96 Å². The van der Waals surface area contributed by atoms with E-state index in [9.17, 15) is 9.65 Å². The van der Waals surface area contributed by atoms with E-state index in [-0.39, 0.29) is 35.6 Å². The van der Waals surface area contributed by atoms with E-state index in [0.29, 0.717) is 29.9 Å². The molecule has 1 aromatic carbocycles. The van der Waals surface area contributed by atoms with Crippen molar-refractivity contribution in [2.45, 2.75) is 32.6 Å². The average molecular weight is 513 g/mol. The first-order chi connectivity index (χ1) is 13.5. The first-order valence-corrected chi connectivity index (χ1v) is 9.47. The second-order valence-corrected chi connectivity index (χ2v) is 6.56. The molecule has 7 nitrogen and oxygen atoms in total. The van der Waals surface area contributed by atoms with Gasteiger partial charge in [0.05, 0.1) is 11.4 Å². The van der Waals surface area contributed by atoms with Gasteiger partial charge in [-0.15, -0.1) is 24.0 Å². The molecule has 0 saturated heterocycles. The smallest absolute Gasteiger partial charge is 0.193 e. The second-order valence-electron chi connectivity index (χ2n) is 6.56. The van der Waals surface area contributed by atoms with E-state index in [1.807, 2.05) is 7.05 Å². The maximum Gasteiger partial charge on any atom is 0.193 e. The van der Waals surface area contributed by atoms with Crippen LogP contribution in [0.15, 0.2) is 29.3 Å². The van der Waals surface area contributed by atoms with Crippen LogP contribution in [-0.2, 0) is 6.42 Å². The van der Waals surface area contributed by atoms with Crippen molar-refractivity contribution >= 4 is 35.8 Å². The third kappa shape index (κ3) is 6.59. The van der Waals surface area contributed by atoms with Crippen molar-refractivity contribution in [1.82, 2.24) is 20.0 Å². The molecule has 9 heteroatoms. The number of benzene rings is 1. The van der Waals surface area contributed by atoms with Gasteiger partial charge in [-0.05, 0) is 43.5 Å². The number of halogens is 2. The molecular weight excluding hydrogens is 484 g/mol. The number of aryl methyl sites for hydroxylation is 1. The van der Waals surface area contributed by atoms with Crippen LogP contribution >= 0.6 is 24.0 Å². The molecule has 0 spiro atoms. The molecule has 0 aliphatic rings. The van der Waals surface area contributed by atoms with Gasteiger partial charge in [0.1, 0.15) is 23.3 Å². The topological polar surface area (TPSA) is 95.3 Å². The summed E-state index contributed by atoms with van der Waals surface area (Å²) in [6, 6.07) is 7.98. The van der Waals surface area contributed by atoms with Crippen LogP contribution in [0.2, 0.25) is 0 Å². The van der Waals surface area contributed by atoms with Gasteiger partial charge in [0.25, 0.3) is 0 Å². The maximum absolute atomic E-state index is 13.1. The van der Waals surface area contributed by atoms with Crippen LogP contribution in [0.5, 0.6) is 0 Å². The summed E-state index contributed by atoms with van der Waals surface area (Å²) >= 11 is 0. The van der Waals surface area contributed by atoms with E-state index >= 15 is 0 Å². The molecule has 0 unspecified atom stereocenters. The Labute approximate surface area is 188 Å². The van der Waals surface area contributed by atoms with Crippen molar-refractivity contribution in [2.75, 3.05) is 32.9 Å². The van der Waals surface area contributed by atoms with Crippen molar-refractivity contribution in [3.8, 4) is 11.8 Å². The standard InChI is InChI=1S/C20H28FN7.HI/c1-4-5-13-27(3)20(24-2)25-12-6-7-18-17(14-22)19(23)28(26-18)16-10-8-15(21)9-11-16;/h8-11H,4-7,12-13,23H2,1-3H3,(H,24,25);1H. The maximum atomic E-state index is 13.1. The third-order valence-electron chi connectivity index (χ3n) is 4.47. The lowest BCUT2D eigenvalue weighted by molar-refractivity contribution is 0.464. The van der Waals surface area contributed by atoms with Crippen LogP contribution in [0, 0.1) is 17.1 Å². The molecule has 0 atom stereocenters. The van der Waals surface area contributed by atoms with E-state index < -0.39 is 0 Å². The van der Waals surface area contributed by atoms with Crippen LogP contribution in [0.1, 0.15) is 37.4 Å². The molecule has 3 N–H and O–H groups in total. The lowest BCUT2D eigenvalue weighted by Gasteiger charge is -2.21. The van der Waals surface area contributed by atoms with Gasteiger partial charge in [-0.25, -0.2) is 9.07 Å². The Morgan fingerprint density at radius 3 is 2.62 bits per heavy atom. The molecule has 158 valence electrons. The Morgan fingerprint density at radius 2 is 2.03 bits per heavy atom. The van der Waals surface area contributed by atoms with Crippen LogP contribution in [-0.4, -0.2) is 47.8 Å². The highest BCUT2D eigenvalue weighted by molar-refractivity contribution is 14.0. The number of hydrogen-bond acceptors (Lipinski definition) is 4. The summed E-state index contributed by atoms with van der Waals surface area (Å²) in [7, 11) is 3.79. The van der Waals surface area contributed by atoms with Crippen LogP contribution in [0.4, 0.5) is 10.2 Å². The molecule has 0 amide bonds. The second kappa shape index (κ2) is 12.3. The SMILES string of the molecule is CCCCN(C)C(=NC)NCCCc1nn(-c2ccc(F)cc2)c(N)c1C#N.I. The minimum Gasteiger partial charge on any atom is -0.382 e. The van der Waals surface area contributed by atoms with Crippen LogP contribution < -0.4 is 11.1 Å². The number of guanidine groups is 1. The molecule has 0 radical (unpaired) electrons. The van der Waals surface area contributed by atoms with E-state index in [4.69, 9.17) is 5.73 Å². The quantitative estimate of drug-likeness (QED) is 0.245. The molecule has 1 heterocycles. The third-order valence-corrected chi connectivity index (χ3v) is 4.47. The molecule has 0 fully saturated rings. The van der Waals surface area contributed by atoms with Crippen LogP contribution in [0.25, 0.3) is 5.69 Å². The number of nitrogen functional groups attached to an aromatic ring is 1. The minimum absolute atomic E-state index is 0. The molecule has 0 saturated carbocycles. The molecular formula is C20H29FIN7. The summed E-state index contributed by atoms with van der Waals surface area (Å²) in [4.78, 5) is 6.40. The normalized spacial score (nSPS) is 10.9. The largest absolute Gasteiger partial charge is 0.382 e. The van der Waals surface area contributed by atoms with Gasteiger partial charge >= 0.3 is 0 Å². The van der Waals surface area contributed by atoms with Gasteiger partial charge < -0.3 is 16.0 Å². The first-order valence-electron chi connectivity index (χ1n) is 9.47. The zero-order valence-electron chi connectivity index (χ0n) is 17.2. The number of hydrogen-bond donors (Lipinski definition) is 2. The number of nitriles is 1. The first kappa shape index (κ1) is 24.7. The molecule has 0 bridgehead atoms. The predicted octanol–water partition coefficient (Wildman–Crippen LogP) is 3.32. The lowest BCUT2D eigenvalue weighted by atomic mass is 10.1. The van der Waals surface area contributed by atoms with E-state index in [0.717, 1.165) is 31.8 Å². The predicted molar refractivity (Wildman–Crippen MR) is 125 cm³/mol. The Morgan fingerprint density at radius 1 is 1.34 bits per heavy atom. The Balaban J connectivity index is 0.00000420. The van der Waals surface area contributed by atoms with Crippen molar-refractivity contribution in [2.24, 2.45) is 4.99 Å². The number of anilines is 1. The van der Waals surface area contributed by atoms with E-state index in [1.54, 1.807) is 19.2 Å². The van der Waals surface area contributed by atoms with E-state index in [1.165, 1.54) is 16.8 Å². The fourth-order valence-electron chi connectivity index (χ4n) is 2.90. The molecule has 2 aromatic rings. The van der Waals surface area contributed by atoms with Gasteiger partial charge in [-0.2, -0.15) is 10.4 Å². The number of rotatable bonds is 8. The fraction of sp³-hybridized carbons (Fsp3) is 0.450. The van der Waals surface area contributed by atoms with Crippen molar-refractivity contribution in [3.63, 3.8) is 0 Å². The number of unbranched alkanes of at least 4 members (excludes halogenated alkanes) is 1. The van der Waals surface area contributed by atoms with Gasteiger partial charge in [-0.3, -0.25) is 4.99 Å². The summed E-state index contributed by atoms with van der Waals surface area (Å²) in [6.07, 6.45) is 3.62. The highest BCUT2D eigenvalue weighted by atomic mass is 127. The number of aromatic nitrogens is 2. The number of nitrogens with two attached hydrogens (primary N) is 1. The average Bonchev–Trinajstić information content (AvgIpc) is 3.02. The zero-order valence-corrected chi connectivity index (χ0v) is 19.5. The highest BCUT2D eigenvalue weighted by Crippen LogP contribution is 2.21. The van der Waals surface area contributed by atoms with Gasteiger partial charge in [-0.1, -0.05) is 13.3 Å². The van der Waals surface area contributed by atoms with Crippen LogP contribution in [0.3, 0.4) is 0 Å². The Kier molecular flexibility index (Phi) is 10.4. The molecule has 2 rings (SSSR count). The fourth-order valence-corrected chi connectivity index (χ4v) is 2.90. The molecule has 0 aliphatic heterocycles. The highest BCUT2D eigenvalue weighted by Gasteiger charge is 2.16. The minimum atomic E-state index is -0.335. The van der Waals surface area contributed by atoms with Crippen molar-refractivity contribution in [1.29, 1.82) is 5.26 Å². The molecule has 1 aromatic heterocycles.